The van der Waals surface area contributed by atoms with Crippen LogP contribution in [0.3, 0.4) is 0 Å². The molecule has 3 heterocycles. The van der Waals surface area contributed by atoms with Gasteiger partial charge in [0.15, 0.2) is 11.8 Å². The lowest BCUT2D eigenvalue weighted by atomic mass is 10.0. The van der Waals surface area contributed by atoms with E-state index in [2.05, 4.69) is 32.7 Å². The standard InChI is InChI=1S/C20H37N7O/c1-4-5-10-27-11-8-17(9-12-27)23-20(21-14-18-7-6-13-28-18)22-15-19-25-24-16(2)26(19)3/h17-18H,4-15H2,1-3H3,(H2,21,22,23). The summed E-state index contributed by atoms with van der Waals surface area (Å²) < 4.78 is 7.75. The van der Waals surface area contributed by atoms with Crippen molar-refractivity contribution in [3.63, 3.8) is 0 Å². The lowest BCUT2D eigenvalue weighted by molar-refractivity contribution is 0.113. The molecule has 0 radical (unpaired) electrons. The first-order chi connectivity index (χ1) is 13.7. The topological polar surface area (TPSA) is 79.6 Å². The largest absolute Gasteiger partial charge is 0.376 e. The summed E-state index contributed by atoms with van der Waals surface area (Å²) in [5, 5.41) is 15.5. The molecule has 1 aromatic rings. The third-order valence-electron chi connectivity index (χ3n) is 5.84. The van der Waals surface area contributed by atoms with Gasteiger partial charge in [-0.3, -0.25) is 0 Å². The Hall–Kier alpha value is -1.67. The average molecular weight is 392 g/mol. The summed E-state index contributed by atoms with van der Waals surface area (Å²) in [4.78, 5) is 7.38. The minimum atomic E-state index is 0.292. The van der Waals surface area contributed by atoms with Gasteiger partial charge in [0.2, 0.25) is 0 Å². The van der Waals surface area contributed by atoms with E-state index in [1.807, 2.05) is 18.5 Å². The number of ether oxygens (including phenoxy) is 1. The molecule has 0 amide bonds. The number of aliphatic imine (C=N–C) groups is 1. The summed E-state index contributed by atoms with van der Waals surface area (Å²) in [5.74, 6) is 2.65. The first kappa shape index (κ1) is 21.0. The van der Waals surface area contributed by atoms with Crippen molar-refractivity contribution in [3.8, 4) is 0 Å². The molecular formula is C20H37N7O. The van der Waals surface area contributed by atoms with E-state index in [0.717, 1.165) is 56.4 Å². The molecule has 2 saturated heterocycles. The van der Waals surface area contributed by atoms with Gasteiger partial charge in [0.25, 0.3) is 0 Å². The molecule has 0 bridgehead atoms. The van der Waals surface area contributed by atoms with E-state index < -0.39 is 0 Å². The minimum Gasteiger partial charge on any atom is -0.376 e. The predicted octanol–water partition coefficient (Wildman–Crippen LogP) is 1.60. The predicted molar refractivity (Wildman–Crippen MR) is 111 cm³/mol. The van der Waals surface area contributed by atoms with Crippen LogP contribution in [0.15, 0.2) is 4.99 Å². The number of aryl methyl sites for hydroxylation is 1. The fourth-order valence-corrected chi connectivity index (χ4v) is 3.78. The van der Waals surface area contributed by atoms with Gasteiger partial charge in [0, 0.05) is 39.3 Å². The Labute approximate surface area is 169 Å². The molecule has 1 unspecified atom stereocenters. The van der Waals surface area contributed by atoms with Gasteiger partial charge in [-0.15, -0.1) is 10.2 Å². The Kier molecular flexibility index (Phi) is 8.09. The van der Waals surface area contributed by atoms with Crippen LogP contribution in [0.1, 0.15) is 57.1 Å². The first-order valence-electron chi connectivity index (χ1n) is 10.9. The van der Waals surface area contributed by atoms with Gasteiger partial charge >= 0.3 is 0 Å². The number of nitrogens with zero attached hydrogens (tertiary/aromatic N) is 5. The van der Waals surface area contributed by atoms with E-state index in [-0.39, 0.29) is 0 Å². The highest BCUT2D eigenvalue weighted by atomic mass is 16.5. The lowest BCUT2D eigenvalue weighted by Crippen LogP contribution is -2.50. The third kappa shape index (κ3) is 6.17. The summed E-state index contributed by atoms with van der Waals surface area (Å²) in [7, 11) is 1.99. The molecule has 2 fully saturated rings. The van der Waals surface area contributed by atoms with Gasteiger partial charge in [0.1, 0.15) is 12.4 Å². The number of rotatable bonds is 8. The van der Waals surface area contributed by atoms with E-state index in [0.29, 0.717) is 18.7 Å². The number of likely N-dealkylation sites (tertiary alicyclic amines) is 1. The second-order valence-electron chi connectivity index (χ2n) is 8.02. The zero-order valence-corrected chi connectivity index (χ0v) is 17.8. The molecule has 8 nitrogen and oxygen atoms in total. The van der Waals surface area contributed by atoms with Crippen LogP contribution in [-0.4, -0.2) is 70.6 Å². The third-order valence-corrected chi connectivity index (χ3v) is 5.84. The fraction of sp³-hybridized carbons (Fsp3) is 0.850. The van der Waals surface area contributed by atoms with E-state index in [1.165, 1.54) is 32.5 Å². The van der Waals surface area contributed by atoms with Crippen LogP contribution in [0, 0.1) is 6.92 Å². The number of nitrogens with one attached hydrogen (secondary N) is 2. The Balaban J connectivity index is 1.54. The SMILES string of the molecule is CCCCN1CCC(NC(=NCc2nnc(C)n2C)NCC2CCCO2)CC1. The van der Waals surface area contributed by atoms with E-state index in [1.54, 1.807) is 0 Å². The highest BCUT2D eigenvalue weighted by Crippen LogP contribution is 2.12. The van der Waals surface area contributed by atoms with Crippen LogP contribution in [0.25, 0.3) is 0 Å². The van der Waals surface area contributed by atoms with E-state index >= 15 is 0 Å². The second-order valence-corrected chi connectivity index (χ2v) is 8.02. The molecule has 1 aromatic heterocycles. The van der Waals surface area contributed by atoms with Gasteiger partial charge in [-0.05, 0) is 45.6 Å². The van der Waals surface area contributed by atoms with Crippen LogP contribution in [0.2, 0.25) is 0 Å². The monoisotopic (exact) mass is 391 g/mol. The molecule has 158 valence electrons. The maximum atomic E-state index is 5.75. The zero-order chi connectivity index (χ0) is 19.8. The minimum absolute atomic E-state index is 0.292. The summed E-state index contributed by atoms with van der Waals surface area (Å²) in [6.07, 6.45) is 7.45. The number of piperidine rings is 1. The molecule has 28 heavy (non-hydrogen) atoms. The highest BCUT2D eigenvalue weighted by molar-refractivity contribution is 5.80. The molecule has 0 saturated carbocycles. The lowest BCUT2D eigenvalue weighted by Gasteiger charge is -2.33. The smallest absolute Gasteiger partial charge is 0.192 e. The van der Waals surface area contributed by atoms with Gasteiger partial charge in [-0.25, -0.2) is 4.99 Å². The van der Waals surface area contributed by atoms with Crippen LogP contribution in [0.5, 0.6) is 0 Å². The number of unbranched alkanes of at least 4 members (excludes halogenated alkanes) is 1. The Morgan fingerprint density at radius 1 is 1.25 bits per heavy atom. The molecule has 0 aromatic carbocycles. The number of guanidine groups is 1. The Morgan fingerprint density at radius 2 is 2.07 bits per heavy atom. The van der Waals surface area contributed by atoms with Crippen molar-refractivity contribution in [2.45, 2.75) is 71.1 Å². The summed E-state index contributed by atoms with van der Waals surface area (Å²) in [6.45, 7) is 9.98. The molecule has 3 rings (SSSR count). The number of hydrogen-bond acceptors (Lipinski definition) is 5. The van der Waals surface area contributed by atoms with Crippen LogP contribution >= 0.6 is 0 Å². The molecule has 2 aliphatic rings. The summed E-state index contributed by atoms with van der Waals surface area (Å²) in [6, 6.07) is 0.467. The van der Waals surface area contributed by atoms with Crippen molar-refractivity contribution >= 4 is 5.96 Å². The molecule has 2 N–H and O–H groups in total. The first-order valence-corrected chi connectivity index (χ1v) is 10.9. The molecular weight excluding hydrogens is 354 g/mol. The second kappa shape index (κ2) is 10.8. The maximum absolute atomic E-state index is 5.75. The van der Waals surface area contributed by atoms with Crippen LogP contribution < -0.4 is 10.6 Å². The van der Waals surface area contributed by atoms with Crippen molar-refractivity contribution in [2.24, 2.45) is 12.0 Å². The Bertz CT molecular complexity index is 616. The van der Waals surface area contributed by atoms with Crippen LogP contribution in [-0.2, 0) is 18.3 Å². The van der Waals surface area contributed by atoms with Crippen molar-refractivity contribution in [1.29, 1.82) is 0 Å². The molecule has 0 aliphatic carbocycles. The highest BCUT2D eigenvalue weighted by Gasteiger charge is 2.21. The Morgan fingerprint density at radius 3 is 2.71 bits per heavy atom. The molecule has 0 spiro atoms. The normalized spacial score (nSPS) is 22.0. The number of hydrogen-bond donors (Lipinski definition) is 2. The van der Waals surface area contributed by atoms with Gasteiger partial charge in [-0.2, -0.15) is 0 Å². The van der Waals surface area contributed by atoms with Crippen molar-refractivity contribution in [3.05, 3.63) is 11.6 Å². The zero-order valence-electron chi connectivity index (χ0n) is 17.8. The maximum Gasteiger partial charge on any atom is 0.192 e. The quantitative estimate of drug-likeness (QED) is 0.518. The van der Waals surface area contributed by atoms with Gasteiger partial charge in [0.05, 0.1) is 6.10 Å². The summed E-state index contributed by atoms with van der Waals surface area (Å²) in [5.41, 5.74) is 0. The van der Waals surface area contributed by atoms with Crippen molar-refractivity contribution < 1.29 is 4.74 Å². The fourth-order valence-electron chi connectivity index (χ4n) is 3.78. The van der Waals surface area contributed by atoms with Gasteiger partial charge < -0.3 is 24.8 Å². The molecule has 8 heteroatoms. The number of aromatic nitrogens is 3. The van der Waals surface area contributed by atoms with Crippen LogP contribution in [0.4, 0.5) is 0 Å². The molecule has 1 atom stereocenters. The summed E-state index contributed by atoms with van der Waals surface area (Å²) >= 11 is 0. The van der Waals surface area contributed by atoms with Crippen molar-refractivity contribution in [1.82, 2.24) is 30.3 Å². The van der Waals surface area contributed by atoms with E-state index in [9.17, 15) is 0 Å². The van der Waals surface area contributed by atoms with Gasteiger partial charge in [-0.1, -0.05) is 13.3 Å². The molecule has 2 aliphatic heterocycles. The average Bonchev–Trinajstić information content (AvgIpc) is 3.34. The van der Waals surface area contributed by atoms with E-state index in [4.69, 9.17) is 9.73 Å². The van der Waals surface area contributed by atoms with Crippen molar-refractivity contribution in [2.75, 3.05) is 32.8 Å².